The highest BCUT2D eigenvalue weighted by molar-refractivity contribution is 5.93. The molecule has 1 atom stereocenters. The molecular formula is C12H14N2O3. The van der Waals surface area contributed by atoms with Gasteiger partial charge in [0.15, 0.2) is 0 Å². The van der Waals surface area contributed by atoms with E-state index >= 15 is 0 Å². The maximum Gasteiger partial charge on any atom is 0.308 e. The summed E-state index contributed by atoms with van der Waals surface area (Å²) in [6, 6.07) is 5.25. The van der Waals surface area contributed by atoms with Crippen molar-refractivity contribution in [1.29, 1.82) is 0 Å². The smallest absolute Gasteiger partial charge is 0.308 e. The number of hydrogen-bond acceptors (Lipinski definition) is 3. The number of carbonyl (C=O) groups is 2. The van der Waals surface area contributed by atoms with Gasteiger partial charge in [-0.3, -0.25) is 9.59 Å². The van der Waals surface area contributed by atoms with Crippen molar-refractivity contribution in [2.75, 3.05) is 13.1 Å². The first-order chi connectivity index (χ1) is 8.08. The van der Waals surface area contributed by atoms with E-state index in [2.05, 4.69) is 4.98 Å². The van der Waals surface area contributed by atoms with E-state index in [1.165, 1.54) is 0 Å². The lowest BCUT2D eigenvalue weighted by atomic mass is 10.1. The molecule has 1 fully saturated rings. The Morgan fingerprint density at radius 2 is 2.24 bits per heavy atom. The lowest BCUT2D eigenvalue weighted by molar-refractivity contribution is -0.141. The zero-order valence-corrected chi connectivity index (χ0v) is 9.59. The molecule has 0 saturated carbocycles. The molecule has 0 aliphatic carbocycles. The minimum atomic E-state index is -0.836. The van der Waals surface area contributed by atoms with Crippen LogP contribution >= 0.6 is 0 Å². The van der Waals surface area contributed by atoms with Crippen LogP contribution in [0.3, 0.4) is 0 Å². The highest BCUT2D eigenvalue weighted by Crippen LogP contribution is 2.18. The molecule has 2 heterocycles. The van der Waals surface area contributed by atoms with Crippen molar-refractivity contribution in [3.8, 4) is 0 Å². The fourth-order valence-electron chi connectivity index (χ4n) is 1.97. The third kappa shape index (κ3) is 2.43. The fraction of sp³-hybridized carbons (Fsp3) is 0.417. The number of carboxylic acids is 1. The Hall–Kier alpha value is -1.91. The summed E-state index contributed by atoms with van der Waals surface area (Å²) >= 11 is 0. The predicted octanol–water partition coefficient (Wildman–Crippen LogP) is 0.937. The number of aromatic nitrogens is 1. The molecule has 1 unspecified atom stereocenters. The van der Waals surface area contributed by atoms with Crippen molar-refractivity contribution in [3.05, 3.63) is 29.6 Å². The summed E-state index contributed by atoms with van der Waals surface area (Å²) in [5.41, 5.74) is 1.17. The summed E-state index contributed by atoms with van der Waals surface area (Å²) in [5.74, 6) is -1.46. The van der Waals surface area contributed by atoms with Gasteiger partial charge in [0, 0.05) is 18.8 Å². The summed E-state index contributed by atoms with van der Waals surface area (Å²) in [6.45, 7) is 2.59. The average Bonchev–Trinajstić information content (AvgIpc) is 2.77. The Kier molecular flexibility index (Phi) is 3.08. The summed E-state index contributed by atoms with van der Waals surface area (Å²) in [4.78, 5) is 28.5. The van der Waals surface area contributed by atoms with Crippen LogP contribution in [0.5, 0.6) is 0 Å². The van der Waals surface area contributed by atoms with Gasteiger partial charge in [0.05, 0.1) is 5.92 Å². The van der Waals surface area contributed by atoms with Crippen LogP contribution in [0.2, 0.25) is 0 Å². The van der Waals surface area contributed by atoms with Crippen LogP contribution in [0, 0.1) is 12.8 Å². The second-order valence-corrected chi connectivity index (χ2v) is 4.24. The van der Waals surface area contributed by atoms with Crippen LogP contribution in [0.15, 0.2) is 18.2 Å². The lowest BCUT2D eigenvalue weighted by Crippen LogP contribution is -2.30. The van der Waals surface area contributed by atoms with E-state index in [0.717, 1.165) is 5.69 Å². The first-order valence-electron chi connectivity index (χ1n) is 5.53. The zero-order valence-electron chi connectivity index (χ0n) is 9.59. The van der Waals surface area contributed by atoms with E-state index in [0.29, 0.717) is 18.7 Å². The Labute approximate surface area is 99.1 Å². The van der Waals surface area contributed by atoms with E-state index in [1.807, 2.05) is 13.0 Å². The highest BCUT2D eigenvalue weighted by Gasteiger charge is 2.31. The van der Waals surface area contributed by atoms with E-state index in [1.54, 1.807) is 17.0 Å². The van der Waals surface area contributed by atoms with Crippen molar-refractivity contribution in [3.63, 3.8) is 0 Å². The van der Waals surface area contributed by atoms with Crippen molar-refractivity contribution in [2.24, 2.45) is 5.92 Å². The molecule has 1 N–H and O–H groups in total. The van der Waals surface area contributed by atoms with Gasteiger partial charge in [-0.25, -0.2) is 4.98 Å². The van der Waals surface area contributed by atoms with Crippen LogP contribution in [0.25, 0.3) is 0 Å². The van der Waals surface area contributed by atoms with Crippen LogP contribution in [0.1, 0.15) is 22.6 Å². The molecular weight excluding hydrogens is 220 g/mol. The second-order valence-electron chi connectivity index (χ2n) is 4.24. The molecule has 1 aromatic heterocycles. The van der Waals surface area contributed by atoms with Crippen molar-refractivity contribution in [1.82, 2.24) is 9.88 Å². The Morgan fingerprint density at radius 1 is 1.47 bits per heavy atom. The predicted molar refractivity (Wildman–Crippen MR) is 60.6 cm³/mol. The topological polar surface area (TPSA) is 70.5 Å². The number of pyridine rings is 1. The quantitative estimate of drug-likeness (QED) is 0.826. The number of rotatable bonds is 2. The van der Waals surface area contributed by atoms with Gasteiger partial charge in [0.1, 0.15) is 5.69 Å². The normalized spacial score (nSPS) is 19.4. The maximum atomic E-state index is 12.0. The number of likely N-dealkylation sites (tertiary alicyclic amines) is 1. The maximum absolute atomic E-state index is 12.0. The van der Waals surface area contributed by atoms with Crippen LogP contribution in [-0.2, 0) is 4.79 Å². The van der Waals surface area contributed by atoms with Gasteiger partial charge in [0.25, 0.3) is 5.91 Å². The molecule has 90 valence electrons. The second kappa shape index (κ2) is 4.53. The van der Waals surface area contributed by atoms with Crippen molar-refractivity contribution >= 4 is 11.9 Å². The molecule has 1 amide bonds. The molecule has 0 bridgehead atoms. The highest BCUT2D eigenvalue weighted by atomic mass is 16.4. The Morgan fingerprint density at radius 3 is 2.82 bits per heavy atom. The molecule has 0 spiro atoms. The monoisotopic (exact) mass is 234 g/mol. The molecule has 2 rings (SSSR count). The first kappa shape index (κ1) is 11.6. The fourth-order valence-corrected chi connectivity index (χ4v) is 1.97. The minimum Gasteiger partial charge on any atom is -0.481 e. The van der Waals surface area contributed by atoms with E-state index in [-0.39, 0.29) is 12.5 Å². The number of hydrogen-bond donors (Lipinski definition) is 1. The van der Waals surface area contributed by atoms with Crippen LogP contribution < -0.4 is 0 Å². The molecule has 5 nitrogen and oxygen atoms in total. The number of aliphatic carboxylic acids is 1. The number of nitrogens with zero attached hydrogens (tertiary/aromatic N) is 2. The van der Waals surface area contributed by atoms with Gasteiger partial charge in [-0.2, -0.15) is 0 Å². The summed E-state index contributed by atoms with van der Waals surface area (Å²) in [6.07, 6.45) is 0.521. The first-order valence-corrected chi connectivity index (χ1v) is 5.53. The molecule has 5 heteroatoms. The minimum absolute atomic E-state index is 0.183. The molecule has 0 aromatic carbocycles. The SMILES string of the molecule is Cc1cccc(C(=O)N2CCC(C(=O)O)C2)n1. The third-order valence-electron chi connectivity index (χ3n) is 2.93. The molecule has 1 aromatic rings. The summed E-state index contributed by atoms with van der Waals surface area (Å²) in [7, 11) is 0. The van der Waals surface area contributed by atoms with E-state index in [9.17, 15) is 9.59 Å². The standard InChI is InChI=1S/C12H14N2O3/c1-8-3-2-4-10(13-8)11(15)14-6-5-9(7-14)12(16)17/h2-4,9H,5-7H2,1H3,(H,16,17). The number of amides is 1. The van der Waals surface area contributed by atoms with Crippen molar-refractivity contribution < 1.29 is 14.7 Å². The molecule has 17 heavy (non-hydrogen) atoms. The van der Waals surface area contributed by atoms with Gasteiger partial charge in [-0.1, -0.05) is 6.07 Å². The average molecular weight is 234 g/mol. The molecule has 0 radical (unpaired) electrons. The Bertz CT molecular complexity index is 459. The summed E-state index contributed by atoms with van der Waals surface area (Å²) in [5, 5.41) is 8.87. The zero-order chi connectivity index (χ0) is 12.4. The third-order valence-corrected chi connectivity index (χ3v) is 2.93. The van der Waals surface area contributed by atoms with Crippen molar-refractivity contribution in [2.45, 2.75) is 13.3 Å². The largest absolute Gasteiger partial charge is 0.481 e. The number of aryl methyl sites for hydroxylation is 1. The number of carbonyl (C=O) groups excluding carboxylic acids is 1. The van der Waals surface area contributed by atoms with Gasteiger partial charge >= 0.3 is 5.97 Å². The van der Waals surface area contributed by atoms with Gasteiger partial charge in [0.2, 0.25) is 0 Å². The molecule has 1 aliphatic rings. The van der Waals surface area contributed by atoms with Gasteiger partial charge < -0.3 is 10.0 Å². The van der Waals surface area contributed by atoms with E-state index in [4.69, 9.17) is 5.11 Å². The van der Waals surface area contributed by atoms with Gasteiger partial charge in [-0.05, 0) is 25.5 Å². The lowest BCUT2D eigenvalue weighted by Gasteiger charge is -2.15. The molecule has 1 saturated heterocycles. The molecule has 1 aliphatic heterocycles. The summed E-state index contributed by atoms with van der Waals surface area (Å²) < 4.78 is 0. The van der Waals surface area contributed by atoms with Gasteiger partial charge in [-0.15, -0.1) is 0 Å². The Balaban J connectivity index is 2.09. The van der Waals surface area contributed by atoms with Crippen LogP contribution in [0.4, 0.5) is 0 Å². The van der Waals surface area contributed by atoms with Crippen LogP contribution in [-0.4, -0.2) is 40.0 Å². The van der Waals surface area contributed by atoms with E-state index < -0.39 is 11.9 Å². The number of carboxylic acid groups (broad SMARTS) is 1.